The molecule has 7 heteroatoms. The first-order chi connectivity index (χ1) is 11.4. The van der Waals surface area contributed by atoms with Crippen molar-refractivity contribution in [3.05, 3.63) is 39.9 Å². The molecule has 1 fully saturated rings. The molecule has 0 spiro atoms. The van der Waals surface area contributed by atoms with Gasteiger partial charge in [0.1, 0.15) is 18.0 Å². The number of aliphatic hydroxyl groups is 1. The van der Waals surface area contributed by atoms with Crippen LogP contribution in [0, 0.1) is 5.82 Å². The van der Waals surface area contributed by atoms with Crippen LogP contribution < -0.4 is 10.3 Å². The summed E-state index contributed by atoms with van der Waals surface area (Å²) in [5.41, 5.74) is 0.284. The quantitative estimate of drug-likeness (QED) is 0.843. The van der Waals surface area contributed by atoms with Crippen LogP contribution in [0.1, 0.15) is 29.2 Å². The van der Waals surface area contributed by atoms with Crippen molar-refractivity contribution in [1.82, 2.24) is 4.57 Å². The van der Waals surface area contributed by atoms with Gasteiger partial charge in [-0.15, -0.1) is 0 Å². The second-order valence-corrected chi connectivity index (χ2v) is 6.09. The summed E-state index contributed by atoms with van der Waals surface area (Å²) >= 11 is 0. The minimum atomic E-state index is -0.803. The highest BCUT2D eigenvalue weighted by Crippen LogP contribution is 2.38. The molecule has 2 aromatic rings. The molecule has 0 unspecified atom stereocenters. The maximum atomic E-state index is 14.3. The molecule has 0 radical (unpaired) electrons. The molecule has 0 saturated heterocycles. The topological polar surface area (TPSA) is 71.8 Å². The van der Waals surface area contributed by atoms with Crippen molar-refractivity contribution in [1.29, 1.82) is 0 Å². The Morgan fingerprint density at radius 3 is 2.71 bits per heavy atom. The zero-order chi connectivity index (χ0) is 17.4. The summed E-state index contributed by atoms with van der Waals surface area (Å²) in [6.07, 6.45) is 3.37. The van der Waals surface area contributed by atoms with E-state index in [4.69, 9.17) is 9.84 Å². The fraction of sp³-hybridized carbons (Fsp3) is 0.412. The Morgan fingerprint density at radius 1 is 1.42 bits per heavy atom. The highest BCUT2D eigenvalue weighted by Gasteiger charge is 2.28. The Morgan fingerprint density at radius 2 is 2.12 bits per heavy atom. The third-order valence-corrected chi connectivity index (χ3v) is 4.07. The van der Waals surface area contributed by atoms with Gasteiger partial charge in [0, 0.05) is 31.7 Å². The van der Waals surface area contributed by atoms with Gasteiger partial charge < -0.3 is 19.3 Å². The largest absolute Gasteiger partial charge is 0.460 e. The van der Waals surface area contributed by atoms with Gasteiger partial charge in [-0.3, -0.25) is 4.79 Å². The number of rotatable bonds is 5. The first-order valence-electron chi connectivity index (χ1n) is 7.77. The van der Waals surface area contributed by atoms with Gasteiger partial charge in [0.2, 0.25) is 5.43 Å². The van der Waals surface area contributed by atoms with Gasteiger partial charge >= 0.3 is 5.97 Å². The van der Waals surface area contributed by atoms with E-state index in [0.29, 0.717) is 11.2 Å². The number of aromatic nitrogens is 1. The number of anilines is 1. The average Bonchev–Trinajstić information content (AvgIpc) is 3.37. The summed E-state index contributed by atoms with van der Waals surface area (Å²) in [6.45, 7) is -0.509. The van der Waals surface area contributed by atoms with Gasteiger partial charge in [-0.1, -0.05) is 0 Å². The molecule has 6 nitrogen and oxygen atoms in total. The lowest BCUT2D eigenvalue weighted by Crippen LogP contribution is -2.22. The molecular formula is C17H19FN2O4. The predicted octanol–water partition coefficient (Wildman–Crippen LogP) is 1.69. The van der Waals surface area contributed by atoms with E-state index in [1.165, 1.54) is 12.3 Å². The number of hydrogen-bond donors (Lipinski definition) is 1. The standard InChI is InChI=1S/C17H19FN2O4/c1-19(2)15-8-14-11(7-13(15)18)16(22)12(17(23)24-6-5-21)9-20(14)10-3-4-10/h7-10,21H,3-6H2,1-2H3. The Bertz CT molecular complexity index is 856. The number of nitrogens with zero attached hydrogens (tertiary/aromatic N) is 2. The lowest BCUT2D eigenvalue weighted by molar-refractivity contribution is 0.0431. The fourth-order valence-corrected chi connectivity index (χ4v) is 2.72. The number of carbonyl (C=O) groups is 1. The summed E-state index contributed by atoms with van der Waals surface area (Å²) in [4.78, 5) is 26.3. The van der Waals surface area contributed by atoms with Crippen LogP contribution in [-0.4, -0.2) is 43.0 Å². The first-order valence-corrected chi connectivity index (χ1v) is 7.77. The van der Waals surface area contributed by atoms with Crippen LogP contribution in [0.25, 0.3) is 10.9 Å². The maximum Gasteiger partial charge on any atom is 0.343 e. The molecule has 24 heavy (non-hydrogen) atoms. The molecule has 128 valence electrons. The second kappa shape index (κ2) is 6.24. The summed E-state index contributed by atoms with van der Waals surface area (Å²) in [5.74, 6) is -1.32. The lowest BCUT2D eigenvalue weighted by Gasteiger charge is -2.17. The molecule has 0 amide bonds. The van der Waals surface area contributed by atoms with Crippen molar-refractivity contribution in [3.8, 4) is 0 Å². The van der Waals surface area contributed by atoms with Crippen molar-refractivity contribution in [2.24, 2.45) is 0 Å². The van der Waals surface area contributed by atoms with Crippen LogP contribution in [0.5, 0.6) is 0 Å². The van der Waals surface area contributed by atoms with Crippen molar-refractivity contribution in [3.63, 3.8) is 0 Å². The average molecular weight is 334 g/mol. The zero-order valence-corrected chi connectivity index (χ0v) is 13.6. The van der Waals surface area contributed by atoms with Crippen LogP contribution in [0.3, 0.4) is 0 Å². The van der Waals surface area contributed by atoms with E-state index in [1.54, 1.807) is 25.1 Å². The Kier molecular flexibility index (Phi) is 4.28. The number of halogens is 1. The maximum absolute atomic E-state index is 14.3. The van der Waals surface area contributed by atoms with Crippen molar-refractivity contribution < 1.29 is 19.0 Å². The molecule has 1 saturated carbocycles. The van der Waals surface area contributed by atoms with Crippen LogP contribution in [0.2, 0.25) is 0 Å². The van der Waals surface area contributed by atoms with Crippen LogP contribution in [-0.2, 0) is 4.74 Å². The Labute approximate surface area is 138 Å². The van der Waals surface area contributed by atoms with Crippen LogP contribution in [0.4, 0.5) is 10.1 Å². The summed E-state index contributed by atoms with van der Waals surface area (Å²) in [5, 5.41) is 8.92. The molecule has 1 aromatic carbocycles. The van der Waals surface area contributed by atoms with E-state index in [-0.39, 0.29) is 30.2 Å². The summed E-state index contributed by atoms with van der Waals surface area (Å²) in [7, 11) is 3.45. The molecule has 1 aromatic heterocycles. The summed E-state index contributed by atoms with van der Waals surface area (Å²) < 4.78 is 21.0. The normalized spacial score (nSPS) is 14.0. The monoisotopic (exact) mass is 334 g/mol. The first kappa shape index (κ1) is 16.4. The number of hydrogen-bond acceptors (Lipinski definition) is 5. The number of carbonyl (C=O) groups excluding carboxylic acids is 1. The second-order valence-electron chi connectivity index (χ2n) is 6.09. The molecule has 3 rings (SSSR count). The summed E-state index contributed by atoms with van der Waals surface area (Å²) in [6, 6.07) is 3.00. The van der Waals surface area contributed by atoms with E-state index in [1.807, 2.05) is 4.57 Å². The number of ether oxygens (including phenoxy) is 1. The van der Waals surface area contributed by atoms with E-state index >= 15 is 0 Å². The third kappa shape index (κ3) is 2.87. The van der Waals surface area contributed by atoms with Gasteiger partial charge in [0.15, 0.2) is 0 Å². The molecular weight excluding hydrogens is 315 g/mol. The molecule has 1 N–H and O–H groups in total. The van der Waals surface area contributed by atoms with Crippen LogP contribution >= 0.6 is 0 Å². The number of fused-ring (bicyclic) bond motifs is 1. The SMILES string of the molecule is CN(C)c1cc2c(cc1F)c(=O)c(C(=O)OCCO)cn2C1CC1. The third-order valence-electron chi connectivity index (χ3n) is 4.07. The van der Waals surface area contributed by atoms with Gasteiger partial charge in [-0.2, -0.15) is 0 Å². The molecule has 1 aliphatic rings. The number of aliphatic hydroxyl groups excluding tert-OH is 1. The predicted molar refractivity (Wildman–Crippen MR) is 88.1 cm³/mol. The molecule has 1 heterocycles. The molecule has 0 aliphatic heterocycles. The van der Waals surface area contributed by atoms with Gasteiger partial charge in [-0.05, 0) is 25.0 Å². The van der Waals surface area contributed by atoms with Crippen molar-refractivity contribution in [2.75, 3.05) is 32.2 Å². The van der Waals surface area contributed by atoms with E-state index in [2.05, 4.69) is 0 Å². The Hall–Kier alpha value is -2.41. The number of esters is 1. The zero-order valence-electron chi connectivity index (χ0n) is 13.6. The number of pyridine rings is 1. The van der Waals surface area contributed by atoms with E-state index in [9.17, 15) is 14.0 Å². The smallest absolute Gasteiger partial charge is 0.343 e. The lowest BCUT2D eigenvalue weighted by atomic mass is 10.1. The molecule has 0 atom stereocenters. The minimum Gasteiger partial charge on any atom is -0.460 e. The van der Waals surface area contributed by atoms with Gasteiger partial charge in [-0.25, -0.2) is 9.18 Å². The van der Waals surface area contributed by atoms with E-state index < -0.39 is 17.2 Å². The highest BCUT2D eigenvalue weighted by atomic mass is 19.1. The van der Waals surface area contributed by atoms with E-state index in [0.717, 1.165) is 12.8 Å². The van der Waals surface area contributed by atoms with Crippen molar-refractivity contribution >= 4 is 22.6 Å². The fourth-order valence-electron chi connectivity index (χ4n) is 2.72. The number of benzene rings is 1. The van der Waals surface area contributed by atoms with Crippen molar-refractivity contribution in [2.45, 2.75) is 18.9 Å². The minimum absolute atomic E-state index is 0.139. The van der Waals surface area contributed by atoms with Gasteiger partial charge in [0.25, 0.3) is 0 Å². The molecule has 0 bridgehead atoms. The Balaban J connectivity index is 2.23. The highest BCUT2D eigenvalue weighted by molar-refractivity contribution is 5.94. The van der Waals surface area contributed by atoms with Crippen LogP contribution in [0.15, 0.2) is 23.1 Å². The molecule has 1 aliphatic carbocycles. The van der Waals surface area contributed by atoms with Gasteiger partial charge in [0.05, 0.1) is 17.8 Å².